The largest absolute Gasteiger partial charge is 0.493 e. The summed E-state index contributed by atoms with van der Waals surface area (Å²) in [6.07, 6.45) is 17.7. The van der Waals surface area contributed by atoms with Crippen LogP contribution < -0.4 is 4.74 Å². The summed E-state index contributed by atoms with van der Waals surface area (Å²) in [6.45, 7) is 3.16. The Morgan fingerprint density at radius 2 is 1.28 bits per heavy atom. The lowest BCUT2D eigenvalue weighted by Crippen LogP contribution is -2.15. The maximum atomic E-state index is 6.04. The summed E-state index contributed by atoms with van der Waals surface area (Å²) in [5.74, 6) is 1.77. The minimum absolute atomic E-state index is 0.757. The Balaban J connectivity index is 1.39. The van der Waals surface area contributed by atoms with Crippen LogP contribution in [0, 0.1) is 5.92 Å². The molecule has 1 aliphatic rings. The van der Waals surface area contributed by atoms with E-state index in [0.29, 0.717) is 0 Å². The van der Waals surface area contributed by atoms with E-state index in [1.807, 2.05) is 0 Å². The number of hydrogen-bond acceptors (Lipinski definition) is 1. The van der Waals surface area contributed by atoms with E-state index >= 15 is 0 Å². The molecule has 0 amide bonds. The summed E-state index contributed by atoms with van der Waals surface area (Å²) in [5, 5.41) is 0. The van der Waals surface area contributed by atoms with Gasteiger partial charge in [0.1, 0.15) is 5.75 Å². The normalized spacial score (nSPS) is 14.8. The molecule has 2 aromatic carbocycles. The summed E-state index contributed by atoms with van der Waals surface area (Å²) in [6, 6.07) is 17.8. The second kappa shape index (κ2) is 12.7. The van der Waals surface area contributed by atoms with Crippen molar-refractivity contribution in [3.63, 3.8) is 0 Å². The Labute approximate surface area is 178 Å². The Morgan fingerprint density at radius 1 is 0.690 bits per heavy atom. The first-order valence-electron chi connectivity index (χ1n) is 12.2. The van der Waals surface area contributed by atoms with E-state index in [1.165, 1.54) is 100 Å². The molecule has 29 heavy (non-hydrogen) atoms. The van der Waals surface area contributed by atoms with Crippen LogP contribution in [0.3, 0.4) is 0 Å². The highest BCUT2D eigenvalue weighted by molar-refractivity contribution is 5.64. The molecule has 0 aromatic heterocycles. The molecule has 1 heteroatoms. The third-order valence-corrected chi connectivity index (χ3v) is 6.42. The van der Waals surface area contributed by atoms with Crippen molar-refractivity contribution >= 4 is 0 Å². The fourth-order valence-electron chi connectivity index (χ4n) is 4.46. The third-order valence-electron chi connectivity index (χ3n) is 6.42. The summed E-state index contributed by atoms with van der Waals surface area (Å²) in [7, 11) is 0. The van der Waals surface area contributed by atoms with Crippen LogP contribution in [0.25, 0.3) is 11.1 Å². The molecule has 0 N–H and O–H groups in total. The van der Waals surface area contributed by atoms with E-state index in [-0.39, 0.29) is 0 Å². The van der Waals surface area contributed by atoms with E-state index < -0.39 is 0 Å². The van der Waals surface area contributed by atoms with Crippen molar-refractivity contribution in [2.75, 3.05) is 6.61 Å². The van der Waals surface area contributed by atoms with Crippen LogP contribution in [0.5, 0.6) is 5.75 Å². The number of ether oxygens (including phenoxy) is 1. The molecular weight excluding hydrogens is 352 g/mol. The van der Waals surface area contributed by atoms with Gasteiger partial charge in [-0.1, -0.05) is 101 Å². The number of unbranched alkanes of at least 4 members (excludes halogenated alkanes) is 6. The summed E-state index contributed by atoms with van der Waals surface area (Å²) < 4.78 is 6.04. The Kier molecular flexibility index (Phi) is 9.63. The van der Waals surface area contributed by atoms with E-state index in [2.05, 4.69) is 55.5 Å². The minimum Gasteiger partial charge on any atom is -0.493 e. The zero-order valence-corrected chi connectivity index (χ0v) is 18.5. The fourth-order valence-corrected chi connectivity index (χ4v) is 4.46. The molecule has 2 aromatic rings. The smallest absolute Gasteiger partial charge is 0.119 e. The van der Waals surface area contributed by atoms with Gasteiger partial charge >= 0.3 is 0 Å². The van der Waals surface area contributed by atoms with Crippen LogP contribution in [-0.2, 0) is 6.42 Å². The van der Waals surface area contributed by atoms with Gasteiger partial charge in [-0.3, -0.25) is 0 Å². The van der Waals surface area contributed by atoms with Gasteiger partial charge in [0.05, 0.1) is 6.61 Å². The van der Waals surface area contributed by atoms with Gasteiger partial charge in [0, 0.05) is 0 Å². The zero-order valence-electron chi connectivity index (χ0n) is 18.5. The number of aryl methyl sites for hydroxylation is 1. The molecule has 0 radical (unpaired) electrons. The average molecular weight is 393 g/mol. The number of hydrogen-bond donors (Lipinski definition) is 0. The van der Waals surface area contributed by atoms with Crippen LogP contribution in [0.15, 0.2) is 48.5 Å². The van der Waals surface area contributed by atoms with Crippen LogP contribution in [-0.4, -0.2) is 6.61 Å². The van der Waals surface area contributed by atoms with Gasteiger partial charge in [-0.25, -0.2) is 0 Å². The van der Waals surface area contributed by atoms with Crippen molar-refractivity contribution in [2.24, 2.45) is 5.92 Å². The SMILES string of the molecule is CCCCCCCCCc1ccc(-c2ccc(OCC3CCCCC3)cc2)cc1. The lowest BCUT2D eigenvalue weighted by molar-refractivity contribution is 0.209. The molecular formula is C28H40O. The van der Waals surface area contributed by atoms with Crippen molar-refractivity contribution in [1.82, 2.24) is 0 Å². The topological polar surface area (TPSA) is 9.23 Å². The van der Waals surface area contributed by atoms with Gasteiger partial charge in [-0.2, -0.15) is 0 Å². The Bertz CT molecular complexity index is 664. The van der Waals surface area contributed by atoms with E-state index in [4.69, 9.17) is 4.74 Å². The maximum Gasteiger partial charge on any atom is 0.119 e. The monoisotopic (exact) mass is 392 g/mol. The molecule has 0 spiro atoms. The first-order chi connectivity index (χ1) is 14.3. The van der Waals surface area contributed by atoms with E-state index in [9.17, 15) is 0 Å². The molecule has 0 heterocycles. The second-order valence-electron chi connectivity index (χ2n) is 8.91. The molecule has 1 saturated carbocycles. The first kappa shape index (κ1) is 21.9. The molecule has 158 valence electrons. The van der Waals surface area contributed by atoms with Crippen molar-refractivity contribution in [3.8, 4) is 16.9 Å². The Morgan fingerprint density at radius 3 is 1.93 bits per heavy atom. The molecule has 1 nitrogen and oxygen atoms in total. The molecule has 1 aliphatic carbocycles. The lowest BCUT2D eigenvalue weighted by Gasteiger charge is -2.21. The summed E-state index contributed by atoms with van der Waals surface area (Å²) in [5.41, 5.74) is 4.04. The second-order valence-corrected chi connectivity index (χ2v) is 8.91. The van der Waals surface area contributed by atoms with Gasteiger partial charge in [0.15, 0.2) is 0 Å². The molecule has 0 unspecified atom stereocenters. The standard InChI is InChI=1S/C28H40O/c1-2-3-4-5-6-7-9-12-24-15-17-26(18-16-24)27-19-21-28(22-20-27)29-23-25-13-10-8-11-14-25/h15-22,25H,2-14,23H2,1H3. The maximum absolute atomic E-state index is 6.04. The van der Waals surface area contributed by atoms with Gasteiger partial charge in [0.2, 0.25) is 0 Å². The lowest BCUT2D eigenvalue weighted by atomic mass is 9.90. The van der Waals surface area contributed by atoms with Crippen molar-refractivity contribution in [2.45, 2.75) is 90.4 Å². The van der Waals surface area contributed by atoms with Crippen LogP contribution in [0.2, 0.25) is 0 Å². The molecule has 0 atom stereocenters. The predicted molar refractivity (Wildman–Crippen MR) is 126 cm³/mol. The van der Waals surface area contributed by atoms with E-state index in [0.717, 1.165) is 18.3 Å². The predicted octanol–water partition coefficient (Wildman–Crippen LogP) is 8.61. The minimum atomic E-state index is 0.757. The van der Waals surface area contributed by atoms with Crippen LogP contribution in [0.4, 0.5) is 0 Å². The Hall–Kier alpha value is -1.76. The zero-order chi connectivity index (χ0) is 20.2. The molecule has 0 aliphatic heterocycles. The molecule has 0 bridgehead atoms. The van der Waals surface area contributed by atoms with Crippen molar-refractivity contribution < 1.29 is 4.74 Å². The van der Waals surface area contributed by atoms with Gasteiger partial charge < -0.3 is 4.74 Å². The van der Waals surface area contributed by atoms with Gasteiger partial charge in [-0.05, 0) is 60.4 Å². The van der Waals surface area contributed by atoms with Crippen LogP contribution in [0.1, 0.15) is 89.5 Å². The number of benzene rings is 2. The average Bonchev–Trinajstić information content (AvgIpc) is 2.79. The van der Waals surface area contributed by atoms with Gasteiger partial charge in [0.25, 0.3) is 0 Å². The molecule has 3 rings (SSSR count). The van der Waals surface area contributed by atoms with E-state index in [1.54, 1.807) is 0 Å². The van der Waals surface area contributed by atoms with Crippen molar-refractivity contribution in [1.29, 1.82) is 0 Å². The summed E-state index contributed by atoms with van der Waals surface area (Å²) in [4.78, 5) is 0. The highest BCUT2D eigenvalue weighted by atomic mass is 16.5. The molecule has 0 saturated heterocycles. The van der Waals surface area contributed by atoms with Gasteiger partial charge in [-0.15, -0.1) is 0 Å². The third kappa shape index (κ3) is 7.88. The highest BCUT2D eigenvalue weighted by Gasteiger charge is 2.13. The highest BCUT2D eigenvalue weighted by Crippen LogP contribution is 2.26. The molecule has 1 fully saturated rings. The van der Waals surface area contributed by atoms with Crippen LogP contribution >= 0.6 is 0 Å². The number of rotatable bonds is 12. The quantitative estimate of drug-likeness (QED) is 0.328. The van der Waals surface area contributed by atoms with Crippen molar-refractivity contribution in [3.05, 3.63) is 54.1 Å². The summed E-state index contributed by atoms with van der Waals surface area (Å²) >= 11 is 0. The fraction of sp³-hybridized carbons (Fsp3) is 0.571. The first-order valence-corrected chi connectivity index (χ1v) is 12.2.